The number of aliphatic imine (C=N–C) groups is 1. The maximum atomic E-state index is 4.70. The number of fused-ring (bicyclic) bond motifs is 1. The van der Waals surface area contributed by atoms with Crippen molar-refractivity contribution in [2.24, 2.45) is 10.9 Å². The van der Waals surface area contributed by atoms with Crippen LogP contribution in [0.1, 0.15) is 17.5 Å². The summed E-state index contributed by atoms with van der Waals surface area (Å²) in [4.78, 5) is 4.70. The van der Waals surface area contributed by atoms with E-state index in [1.165, 1.54) is 17.5 Å². The molecule has 1 aromatic carbocycles. The molecule has 2 aliphatic rings. The minimum atomic E-state index is 0.593. The van der Waals surface area contributed by atoms with E-state index in [2.05, 4.69) is 43.3 Å². The van der Waals surface area contributed by atoms with Crippen LogP contribution in [0.25, 0.3) is 0 Å². The van der Waals surface area contributed by atoms with E-state index in [1.807, 2.05) is 0 Å². The van der Waals surface area contributed by atoms with Crippen molar-refractivity contribution in [3.8, 4) is 0 Å². The minimum Gasteiger partial charge on any atom is -0.281 e. The first-order valence-corrected chi connectivity index (χ1v) is 5.16. The van der Waals surface area contributed by atoms with E-state index < -0.39 is 0 Å². The van der Waals surface area contributed by atoms with Crippen LogP contribution in [-0.2, 0) is 0 Å². The molecule has 2 unspecified atom stereocenters. The molecule has 0 amide bonds. The van der Waals surface area contributed by atoms with Crippen molar-refractivity contribution in [1.82, 2.24) is 0 Å². The van der Waals surface area contributed by atoms with Crippen molar-refractivity contribution in [3.63, 3.8) is 0 Å². The summed E-state index contributed by atoms with van der Waals surface area (Å²) in [5.74, 6) is 0.753. The lowest BCUT2D eigenvalue weighted by Crippen LogP contribution is -2.03. The first kappa shape index (κ1) is 7.98. The number of aryl methyl sites for hydroxylation is 1. The predicted molar refractivity (Wildman–Crippen MR) is 58.8 cm³/mol. The molecular formula is C13H13N. The number of benzene rings is 1. The zero-order chi connectivity index (χ0) is 9.54. The van der Waals surface area contributed by atoms with Gasteiger partial charge in [0.25, 0.3) is 0 Å². The van der Waals surface area contributed by atoms with Gasteiger partial charge in [0.15, 0.2) is 0 Å². The second kappa shape index (κ2) is 2.81. The fraction of sp³-hybridized carbons (Fsp3) is 0.308. The van der Waals surface area contributed by atoms with Gasteiger partial charge in [-0.25, -0.2) is 0 Å². The van der Waals surface area contributed by atoms with Crippen LogP contribution in [0.3, 0.4) is 0 Å². The minimum absolute atomic E-state index is 0.593. The highest BCUT2D eigenvalue weighted by molar-refractivity contribution is 6.09. The fourth-order valence-electron chi connectivity index (χ4n) is 1.97. The van der Waals surface area contributed by atoms with Crippen LogP contribution in [0.15, 0.2) is 41.4 Å². The summed E-state index contributed by atoms with van der Waals surface area (Å²) in [5.41, 5.74) is 3.72. The Morgan fingerprint density at radius 3 is 3.07 bits per heavy atom. The summed E-state index contributed by atoms with van der Waals surface area (Å²) in [6.07, 6.45) is 5.73. The van der Waals surface area contributed by atoms with E-state index in [0.29, 0.717) is 6.04 Å². The second-order valence-electron chi connectivity index (χ2n) is 4.21. The van der Waals surface area contributed by atoms with E-state index in [1.54, 1.807) is 0 Å². The molecule has 1 nitrogen and oxygen atoms in total. The molecule has 1 saturated carbocycles. The smallest absolute Gasteiger partial charge is 0.0647 e. The van der Waals surface area contributed by atoms with Gasteiger partial charge < -0.3 is 0 Å². The summed E-state index contributed by atoms with van der Waals surface area (Å²) in [6, 6.07) is 9.15. The third-order valence-corrected chi connectivity index (χ3v) is 2.92. The maximum Gasteiger partial charge on any atom is 0.0647 e. The number of rotatable bonds is 1. The molecule has 70 valence electrons. The molecule has 0 spiro atoms. The van der Waals surface area contributed by atoms with E-state index in [4.69, 9.17) is 4.99 Å². The molecule has 1 heteroatoms. The van der Waals surface area contributed by atoms with Gasteiger partial charge in [0, 0.05) is 5.92 Å². The van der Waals surface area contributed by atoms with E-state index in [-0.39, 0.29) is 0 Å². The molecule has 2 atom stereocenters. The summed E-state index contributed by atoms with van der Waals surface area (Å²) in [5, 5.41) is 0. The zero-order valence-corrected chi connectivity index (χ0v) is 8.27. The van der Waals surface area contributed by atoms with Gasteiger partial charge in [0.05, 0.1) is 11.8 Å². The first-order chi connectivity index (χ1) is 6.83. The van der Waals surface area contributed by atoms with Gasteiger partial charge in [-0.2, -0.15) is 0 Å². The molecule has 1 aromatic rings. The van der Waals surface area contributed by atoms with Crippen molar-refractivity contribution in [1.29, 1.82) is 0 Å². The van der Waals surface area contributed by atoms with Crippen LogP contribution in [0.5, 0.6) is 0 Å². The Hall–Kier alpha value is -1.37. The molecule has 1 heterocycles. The lowest BCUT2D eigenvalue weighted by Gasteiger charge is -2.06. The summed E-state index contributed by atoms with van der Waals surface area (Å²) in [7, 11) is 0. The third-order valence-electron chi connectivity index (χ3n) is 2.92. The number of hydrogen-bond donors (Lipinski definition) is 0. The molecule has 1 fully saturated rings. The molecule has 0 N–H and O–H groups in total. The lowest BCUT2D eigenvalue weighted by molar-refractivity contribution is 0.963. The molecule has 0 saturated heterocycles. The second-order valence-corrected chi connectivity index (χ2v) is 4.21. The van der Waals surface area contributed by atoms with E-state index >= 15 is 0 Å². The lowest BCUT2D eigenvalue weighted by atomic mass is 10.1. The van der Waals surface area contributed by atoms with E-state index in [0.717, 1.165) is 11.6 Å². The average Bonchev–Trinajstić information content (AvgIpc) is 2.95. The maximum absolute atomic E-state index is 4.70. The van der Waals surface area contributed by atoms with Gasteiger partial charge in [0.2, 0.25) is 0 Å². The Kier molecular flexibility index (Phi) is 1.60. The van der Waals surface area contributed by atoms with Gasteiger partial charge in [-0.3, -0.25) is 4.99 Å². The summed E-state index contributed by atoms with van der Waals surface area (Å²) in [6.45, 7) is 2.12. The van der Waals surface area contributed by atoms with Crippen molar-refractivity contribution < 1.29 is 0 Å². The molecule has 0 radical (unpaired) electrons. The molecule has 14 heavy (non-hydrogen) atoms. The number of allylic oxidation sites excluding steroid dienone is 1. The predicted octanol–water partition coefficient (Wildman–Crippen LogP) is 2.74. The first-order valence-electron chi connectivity index (χ1n) is 5.16. The Labute approximate surface area is 84.2 Å². The molecule has 0 aromatic heterocycles. The highest BCUT2D eigenvalue weighted by Gasteiger charge is 2.36. The Morgan fingerprint density at radius 1 is 1.36 bits per heavy atom. The standard InChI is InChI=1S/C13H13N/c1-9-3-2-4-10(7-9)12-6-5-11-8-13(11)14-12/h2-7,11,13H,8H2,1H3. The van der Waals surface area contributed by atoms with Gasteiger partial charge in [-0.1, -0.05) is 29.8 Å². The van der Waals surface area contributed by atoms with E-state index in [9.17, 15) is 0 Å². The Bertz CT molecular complexity index is 429. The topological polar surface area (TPSA) is 12.4 Å². The van der Waals surface area contributed by atoms with Gasteiger partial charge in [-0.15, -0.1) is 0 Å². The average molecular weight is 183 g/mol. The fourth-order valence-corrected chi connectivity index (χ4v) is 1.97. The van der Waals surface area contributed by atoms with Crippen LogP contribution >= 0.6 is 0 Å². The number of dihydropyridines is 1. The largest absolute Gasteiger partial charge is 0.281 e. The SMILES string of the molecule is Cc1cccc(C2=NC3CC3C=C2)c1. The third kappa shape index (κ3) is 1.29. The summed E-state index contributed by atoms with van der Waals surface area (Å²) < 4.78 is 0. The van der Waals surface area contributed by atoms with Crippen molar-refractivity contribution in [2.45, 2.75) is 19.4 Å². The van der Waals surface area contributed by atoms with Crippen LogP contribution < -0.4 is 0 Å². The molecule has 3 rings (SSSR count). The van der Waals surface area contributed by atoms with Gasteiger partial charge >= 0.3 is 0 Å². The Balaban J connectivity index is 1.99. The van der Waals surface area contributed by atoms with Gasteiger partial charge in [0.1, 0.15) is 0 Å². The van der Waals surface area contributed by atoms with Crippen molar-refractivity contribution in [2.75, 3.05) is 0 Å². The molecule has 1 aliphatic carbocycles. The van der Waals surface area contributed by atoms with Crippen LogP contribution in [0.4, 0.5) is 0 Å². The van der Waals surface area contributed by atoms with Gasteiger partial charge in [-0.05, 0) is 31.1 Å². The van der Waals surface area contributed by atoms with Crippen LogP contribution in [0.2, 0.25) is 0 Å². The van der Waals surface area contributed by atoms with Crippen LogP contribution in [0, 0.1) is 12.8 Å². The monoisotopic (exact) mass is 183 g/mol. The number of hydrogen-bond acceptors (Lipinski definition) is 1. The summed E-state index contributed by atoms with van der Waals surface area (Å²) >= 11 is 0. The number of nitrogens with zero attached hydrogens (tertiary/aromatic N) is 1. The van der Waals surface area contributed by atoms with Crippen molar-refractivity contribution >= 4 is 5.71 Å². The molecule has 1 aliphatic heterocycles. The highest BCUT2D eigenvalue weighted by atomic mass is 14.9. The molecule has 0 bridgehead atoms. The normalized spacial score (nSPS) is 28.2. The molecular weight excluding hydrogens is 170 g/mol. The van der Waals surface area contributed by atoms with Crippen LogP contribution in [-0.4, -0.2) is 11.8 Å². The van der Waals surface area contributed by atoms with Crippen molar-refractivity contribution in [3.05, 3.63) is 47.5 Å². The quantitative estimate of drug-likeness (QED) is 0.634. The zero-order valence-electron chi connectivity index (χ0n) is 8.27. The highest BCUT2D eigenvalue weighted by Crippen LogP contribution is 2.38. The Morgan fingerprint density at radius 2 is 2.29 bits per heavy atom.